The van der Waals surface area contributed by atoms with Crippen LogP contribution in [0.1, 0.15) is 77.0 Å². The van der Waals surface area contributed by atoms with Gasteiger partial charge in [-0.2, -0.15) is 0 Å². The lowest BCUT2D eigenvalue weighted by molar-refractivity contribution is -0.226. The lowest BCUT2D eigenvalue weighted by atomic mass is 9.72. The monoisotopic (exact) mass is 703 g/mol. The summed E-state index contributed by atoms with van der Waals surface area (Å²) in [5, 5.41) is 47.3. The van der Waals surface area contributed by atoms with E-state index in [1.165, 1.54) is 6.42 Å². The molecule has 3 aliphatic heterocycles. The zero-order chi connectivity index (χ0) is 35.7. The van der Waals surface area contributed by atoms with E-state index in [9.17, 15) is 39.6 Å². The predicted octanol–water partition coefficient (Wildman–Crippen LogP) is -0.154. The molecule has 14 heteroatoms. The van der Waals surface area contributed by atoms with Crippen molar-refractivity contribution in [1.29, 1.82) is 0 Å². The molecule has 2 amide bonds. The number of piperazine rings is 1. The van der Waals surface area contributed by atoms with E-state index in [2.05, 4.69) is 27.5 Å². The molecule has 8 unspecified atom stereocenters. The summed E-state index contributed by atoms with van der Waals surface area (Å²) in [5.41, 5.74) is 1.85. The normalized spacial score (nSPS) is 38.5. The average molecular weight is 704 g/mol. The molecule has 6 rings (SSSR count). The molecule has 14 nitrogen and oxygen atoms in total. The number of likely N-dealkylation sites (N-methyl/N-ethyl adjacent to an activating group) is 2. The van der Waals surface area contributed by atoms with Crippen LogP contribution >= 0.6 is 0 Å². The molecule has 0 radical (unpaired) electrons. The predicted molar refractivity (Wildman–Crippen MR) is 182 cm³/mol. The van der Waals surface area contributed by atoms with Crippen molar-refractivity contribution in [2.75, 3.05) is 46.8 Å². The highest BCUT2D eigenvalue weighted by Gasteiger charge is 2.52. The number of allylic oxidation sites excluding steroid dienone is 1. The standard InChI is InChI=1S/C36H57N5O9/c1-39-14-16-41(17-15-39)19-26(42)40(2)23-11-9-22(10-12-23)37-28(20-6-4-3-5-7-20)27-24-13-8-21(18-25(24)38-35(27)47)29(43)33-31(45)30(44)32(46)34(50-33)36(48)49/h20-25,30-34,37,44-46H,3-19H2,1-2H3,(H,38,47)(H,48,49)/b28-27-. The summed E-state index contributed by atoms with van der Waals surface area (Å²) in [6.45, 7) is 4.26. The van der Waals surface area contributed by atoms with Gasteiger partial charge in [-0.15, -0.1) is 0 Å². The molecule has 6 N–H and O–H groups in total. The maximum Gasteiger partial charge on any atom is 0.335 e. The van der Waals surface area contributed by atoms with E-state index < -0.39 is 48.2 Å². The molecule has 3 saturated heterocycles. The molecule has 0 aromatic carbocycles. The number of aliphatic hydroxyl groups excluding tert-OH is 3. The molecule has 3 saturated carbocycles. The number of nitrogens with one attached hydrogen (secondary N) is 2. The second-order valence-corrected chi connectivity index (χ2v) is 15.8. The van der Waals surface area contributed by atoms with Crippen LogP contribution in [0, 0.1) is 17.8 Å². The molecule has 0 bridgehead atoms. The minimum atomic E-state index is -1.86. The van der Waals surface area contributed by atoms with E-state index >= 15 is 0 Å². The van der Waals surface area contributed by atoms with Crippen LogP contribution in [0.4, 0.5) is 0 Å². The molecule has 0 aromatic rings. The van der Waals surface area contributed by atoms with Crippen LogP contribution < -0.4 is 10.6 Å². The van der Waals surface area contributed by atoms with Gasteiger partial charge >= 0.3 is 5.97 Å². The van der Waals surface area contributed by atoms with Gasteiger partial charge in [-0.1, -0.05) is 19.3 Å². The Morgan fingerprint density at radius 1 is 0.860 bits per heavy atom. The zero-order valence-corrected chi connectivity index (χ0v) is 29.5. The molecule has 3 aliphatic carbocycles. The van der Waals surface area contributed by atoms with Gasteiger partial charge < -0.3 is 45.6 Å². The highest BCUT2D eigenvalue weighted by Crippen LogP contribution is 2.43. The van der Waals surface area contributed by atoms with Gasteiger partial charge in [0.25, 0.3) is 0 Å². The van der Waals surface area contributed by atoms with Gasteiger partial charge in [0.05, 0.1) is 6.54 Å². The third kappa shape index (κ3) is 7.90. The van der Waals surface area contributed by atoms with Crippen LogP contribution in [0.25, 0.3) is 0 Å². The number of ether oxygens (including phenoxy) is 1. The number of aliphatic carboxylic acids is 1. The number of aliphatic hydroxyl groups is 3. The fraction of sp³-hybridized carbons (Fsp3) is 0.833. The molecule has 6 aliphatic rings. The minimum absolute atomic E-state index is 0.0815. The van der Waals surface area contributed by atoms with Crippen molar-refractivity contribution >= 4 is 23.6 Å². The number of carboxylic acid groups (broad SMARTS) is 1. The second-order valence-electron chi connectivity index (χ2n) is 15.8. The smallest absolute Gasteiger partial charge is 0.335 e. The van der Waals surface area contributed by atoms with Gasteiger partial charge in [-0.25, -0.2) is 4.79 Å². The third-order valence-electron chi connectivity index (χ3n) is 12.6. The summed E-state index contributed by atoms with van der Waals surface area (Å²) in [6, 6.07) is 0.117. The summed E-state index contributed by atoms with van der Waals surface area (Å²) < 4.78 is 5.35. The molecule has 0 spiro atoms. The zero-order valence-electron chi connectivity index (χ0n) is 29.5. The Labute approximate surface area is 294 Å². The number of carboxylic acids is 1. The number of carbonyl (C=O) groups excluding carboxylic acids is 3. The number of ketones is 1. The number of hydrogen-bond acceptors (Lipinski definition) is 11. The third-order valence-corrected chi connectivity index (χ3v) is 12.6. The first kappa shape index (κ1) is 37.1. The van der Waals surface area contributed by atoms with Crippen molar-refractivity contribution in [3.05, 3.63) is 11.3 Å². The van der Waals surface area contributed by atoms with E-state index in [4.69, 9.17) is 4.74 Å². The highest BCUT2D eigenvalue weighted by molar-refractivity contribution is 5.98. The van der Waals surface area contributed by atoms with Gasteiger partial charge in [0.15, 0.2) is 11.9 Å². The number of nitrogens with zero attached hydrogens (tertiary/aromatic N) is 3. The van der Waals surface area contributed by atoms with Crippen molar-refractivity contribution in [2.24, 2.45) is 17.8 Å². The van der Waals surface area contributed by atoms with E-state index in [0.29, 0.717) is 25.8 Å². The van der Waals surface area contributed by atoms with E-state index in [0.717, 1.165) is 88.8 Å². The lowest BCUT2D eigenvalue weighted by Gasteiger charge is -2.41. The summed E-state index contributed by atoms with van der Waals surface area (Å²) in [5.74, 6) is -2.40. The summed E-state index contributed by atoms with van der Waals surface area (Å²) >= 11 is 0. The first-order valence-electron chi connectivity index (χ1n) is 18.9. The van der Waals surface area contributed by atoms with E-state index in [1.807, 2.05) is 11.9 Å². The van der Waals surface area contributed by atoms with Crippen molar-refractivity contribution < 1.29 is 44.3 Å². The van der Waals surface area contributed by atoms with Crippen LogP contribution in [0.15, 0.2) is 11.3 Å². The van der Waals surface area contributed by atoms with E-state index in [-0.39, 0.29) is 41.8 Å². The molecule has 50 heavy (non-hydrogen) atoms. The first-order chi connectivity index (χ1) is 23.9. The largest absolute Gasteiger partial charge is 0.479 e. The fourth-order valence-electron chi connectivity index (χ4n) is 9.37. The maximum atomic E-state index is 13.8. The van der Waals surface area contributed by atoms with Gasteiger partial charge in [0.2, 0.25) is 11.8 Å². The van der Waals surface area contributed by atoms with E-state index in [1.54, 1.807) is 0 Å². The topological polar surface area (TPSA) is 192 Å². The van der Waals surface area contributed by atoms with Crippen molar-refractivity contribution in [1.82, 2.24) is 25.3 Å². The van der Waals surface area contributed by atoms with Crippen LogP contribution in [0.2, 0.25) is 0 Å². The minimum Gasteiger partial charge on any atom is -0.479 e. The Hall–Kier alpha value is -2.62. The van der Waals surface area contributed by atoms with Crippen molar-refractivity contribution in [3.8, 4) is 0 Å². The summed E-state index contributed by atoms with van der Waals surface area (Å²) in [7, 11) is 4.05. The number of carbonyl (C=O) groups is 4. The Morgan fingerprint density at radius 2 is 1.52 bits per heavy atom. The summed E-state index contributed by atoms with van der Waals surface area (Å²) in [6.07, 6.45) is 1.53. The fourth-order valence-corrected chi connectivity index (χ4v) is 9.37. The molecule has 3 heterocycles. The average Bonchev–Trinajstić information content (AvgIpc) is 3.45. The van der Waals surface area contributed by atoms with Gasteiger partial charge in [0.1, 0.15) is 24.4 Å². The van der Waals surface area contributed by atoms with Gasteiger partial charge in [0, 0.05) is 74.5 Å². The Morgan fingerprint density at radius 3 is 2.18 bits per heavy atom. The Balaban J connectivity index is 1.10. The number of hydrogen-bond donors (Lipinski definition) is 6. The van der Waals surface area contributed by atoms with Crippen LogP contribution in [0.5, 0.6) is 0 Å². The molecular weight excluding hydrogens is 646 g/mol. The highest BCUT2D eigenvalue weighted by atomic mass is 16.6. The second kappa shape index (κ2) is 16.0. The number of Topliss-reactive ketones (excluding diaryl/α,β-unsaturated/α-hetero) is 1. The van der Waals surface area contributed by atoms with Gasteiger partial charge in [-0.05, 0) is 70.8 Å². The van der Waals surface area contributed by atoms with Crippen molar-refractivity contribution in [3.63, 3.8) is 0 Å². The maximum absolute atomic E-state index is 13.8. The lowest BCUT2D eigenvalue weighted by Crippen LogP contribution is -2.62. The van der Waals surface area contributed by atoms with Crippen LogP contribution in [-0.4, -0.2) is 154 Å². The molecule has 280 valence electrons. The summed E-state index contributed by atoms with van der Waals surface area (Å²) in [4.78, 5) is 58.6. The van der Waals surface area contributed by atoms with Gasteiger partial charge in [-0.3, -0.25) is 19.3 Å². The van der Waals surface area contributed by atoms with Crippen molar-refractivity contribution in [2.45, 2.75) is 126 Å². The molecular formula is C36H57N5O9. The number of rotatable bonds is 9. The van der Waals surface area contributed by atoms with Crippen LogP contribution in [-0.2, 0) is 23.9 Å². The Kier molecular flexibility index (Phi) is 11.9. The number of amides is 2. The first-order valence-corrected chi connectivity index (χ1v) is 18.9. The van der Waals surface area contributed by atoms with Crippen LogP contribution in [0.3, 0.4) is 0 Å². The molecule has 6 fully saturated rings. The quantitative estimate of drug-likeness (QED) is 0.174. The number of fused-ring (bicyclic) bond motifs is 1. The molecule has 8 atom stereocenters. The Bertz CT molecular complexity index is 1290. The molecule has 0 aromatic heterocycles. The SMILES string of the molecule is CN1CCN(CC(=O)N(C)C2CCC(N/C(=C3\C(=O)NC4CC(C(=O)C5OC(C(=O)O)C(O)C(O)C5O)CCC34)C3CCCCC3)CC2)CC1.